The minimum absolute atomic E-state index is 0.0948. The van der Waals surface area contributed by atoms with E-state index < -0.39 is 6.61 Å². The van der Waals surface area contributed by atoms with Crippen molar-refractivity contribution in [1.29, 1.82) is 0 Å². The first-order chi connectivity index (χ1) is 8.61. The summed E-state index contributed by atoms with van der Waals surface area (Å²) in [5.74, 6) is 0.327. The van der Waals surface area contributed by atoms with E-state index in [9.17, 15) is 13.6 Å². The number of alkyl halides is 3. The van der Waals surface area contributed by atoms with Crippen LogP contribution in [0.25, 0.3) is 0 Å². The first kappa shape index (κ1) is 14.7. The molecule has 1 aromatic rings. The van der Waals surface area contributed by atoms with Crippen molar-refractivity contribution >= 4 is 17.5 Å². The molecule has 0 bridgehead atoms. The first-order valence-corrected chi connectivity index (χ1v) is 6.01. The van der Waals surface area contributed by atoms with Gasteiger partial charge in [-0.2, -0.15) is 8.78 Å². The number of carbonyl (C=O) groups excluding carboxylic acids is 1. The minimum Gasteiger partial charge on any atom is -0.435 e. The summed E-state index contributed by atoms with van der Waals surface area (Å²) in [5, 5.41) is 2.70. The Labute approximate surface area is 109 Å². The Bertz CT molecular complexity index is 371. The molecule has 0 unspecified atom stereocenters. The van der Waals surface area contributed by atoms with Crippen LogP contribution >= 0.6 is 11.6 Å². The van der Waals surface area contributed by atoms with Crippen LogP contribution < -0.4 is 10.1 Å². The predicted octanol–water partition coefficient (Wildman–Crippen LogP) is 2.58. The summed E-state index contributed by atoms with van der Waals surface area (Å²) in [7, 11) is 0. The molecular formula is C12H14ClF2NO2. The van der Waals surface area contributed by atoms with Gasteiger partial charge < -0.3 is 10.1 Å². The van der Waals surface area contributed by atoms with E-state index in [4.69, 9.17) is 11.6 Å². The van der Waals surface area contributed by atoms with E-state index >= 15 is 0 Å². The summed E-state index contributed by atoms with van der Waals surface area (Å²) >= 11 is 5.42. The number of benzene rings is 1. The molecule has 0 fully saturated rings. The molecule has 0 aliphatic heterocycles. The number of amides is 1. The zero-order chi connectivity index (χ0) is 13.4. The summed E-state index contributed by atoms with van der Waals surface area (Å²) in [4.78, 5) is 11.1. The molecule has 0 saturated carbocycles. The average Bonchev–Trinajstić information content (AvgIpc) is 2.31. The Kier molecular flexibility index (Phi) is 6.43. The minimum atomic E-state index is -2.81. The largest absolute Gasteiger partial charge is 0.435 e. The van der Waals surface area contributed by atoms with E-state index in [0.717, 1.165) is 5.56 Å². The van der Waals surface area contributed by atoms with Crippen molar-refractivity contribution in [3.63, 3.8) is 0 Å². The second-order valence-electron chi connectivity index (χ2n) is 3.56. The molecule has 1 amide bonds. The number of rotatable bonds is 7. The average molecular weight is 278 g/mol. The van der Waals surface area contributed by atoms with E-state index in [0.29, 0.717) is 25.3 Å². The Morgan fingerprint density at radius 1 is 1.33 bits per heavy atom. The van der Waals surface area contributed by atoms with Crippen molar-refractivity contribution in [2.75, 3.05) is 12.4 Å². The summed E-state index contributed by atoms with van der Waals surface area (Å²) in [6, 6.07) is 6.32. The lowest BCUT2D eigenvalue weighted by Gasteiger charge is -2.06. The van der Waals surface area contributed by atoms with Crippen molar-refractivity contribution in [3.05, 3.63) is 29.8 Å². The van der Waals surface area contributed by atoms with Gasteiger partial charge in [-0.25, -0.2) is 0 Å². The Balaban J connectivity index is 2.33. The van der Waals surface area contributed by atoms with Crippen LogP contribution in [-0.2, 0) is 11.2 Å². The number of nitrogens with one attached hydrogen (secondary N) is 1. The normalized spacial score (nSPS) is 10.4. The topological polar surface area (TPSA) is 38.3 Å². The SMILES string of the molecule is O=C(CCCl)NCCc1ccc(OC(F)F)cc1. The highest BCUT2D eigenvalue weighted by Gasteiger charge is 2.04. The van der Waals surface area contributed by atoms with Crippen molar-refractivity contribution in [2.45, 2.75) is 19.5 Å². The van der Waals surface area contributed by atoms with Gasteiger partial charge in [0.15, 0.2) is 0 Å². The molecule has 6 heteroatoms. The zero-order valence-corrected chi connectivity index (χ0v) is 10.4. The van der Waals surface area contributed by atoms with Crippen LogP contribution in [0.15, 0.2) is 24.3 Å². The van der Waals surface area contributed by atoms with E-state index in [1.807, 2.05) is 0 Å². The van der Waals surface area contributed by atoms with Gasteiger partial charge in [0.25, 0.3) is 0 Å². The van der Waals surface area contributed by atoms with Crippen molar-refractivity contribution in [1.82, 2.24) is 5.32 Å². The van der Waals surface area contributed by atoms with Gasteiger partial charge in [0.05, 0.1) is 0 Å². The third-order valence-corrected chi connectivity index (χ3v) is 2.39. The summed E-state index contributed by atoms with van der Waals surface area (Å²) < 4.78 is 28.0. The molecule has 0 radical (unpaired) electrons. The fourth-order valence-electron chi connectivity index (χ4n) is 1.36. The van der Waals surface area contributed by atoms with Crippen LogP contribution in [0.1, 0.15) is 12.0 Å². The molecule has 0 saturated heterocycles. The summed E-state index contributed by atoms with van der Waals surface area (Å²) in [5.41, 5.74) is 0.933. The van der Waals surface area contributed by atoms with Gasteiger partial charge in [0.1, 0.15) is 5.75 Å². The first-order valence-electron chi connectivity index (χ1n) is 5.48. The molecule has 3 nitrogen and oxygen atoms in total. The van der Waals surface area contributed by atoms with Crippen LogP contribution in [-0.4, -0.2) is 24.9 Å². The van der Waals surface area contributed by atoms with Gasteiger partial charge in [-0.3, -0.25) is 4.79 Å². The fourth-order valence-corrected chi connectivity index (χ4v) is 1.53. The molecule has 0 aliphatic carbocycles. The highest BCUT2D eigenvalue weighted by molar-refractivity contribution is 6.18. The molecule has 100 valence electrons. The highest BCUT2D eigenvalue weighted by atomic mass is 35.5. The van der Waals surface area contributed by atoms with Crippen molar-refractivity contribution in [3.8, 4) is 5.75 Å². The number of halogens is 3. The lowest BCUT2D eigenvalue weighted by atomic mass is 10.1. The standard InChI is InChI=1S/C12H14ClF2NO2/c13-7-5-11(17)16-8-6-9-1-3-10(4-2-9)18-12(14)15/h1-4,12H,5-8H2,(H,16,17). The van der Waals surface area contributed by atoms with Gasteiger partial charge in [-0.05, 0) is 24.1 Å². The molecule has 1 N–H and O–H groups in total. The zero-order valence-electron chi connectivity index (χ0n) is 9.67. The van der Waals surface area contributed by atoms with E-state index in [-0.39, 0.29) is 11.7 Å². The Morgan fingerprint density at radius 2 is 2.00 bits per heavy atom. The molecular weight excluding hydrogens is 264 g/mol. The monoisotopic (exact) mass is 277 g/mol. The molecule has 0 aliphatic rings. The predicted molar refractivity (Wildman–Crippen MR) is 65.1 cm³/mol. The van der Waals surface area contributed by atoms with Crippen LogP contribution in [0, 0.1) is 0 Å². The Morgan fingerprint density at radius 3 is 2.56 bits per heavy atom. The van der Waals surface area contributed by atoms with Crippen molar-refractivity contribution < 1.29 is 18.3 Å². The summed E-state index contributed by atoms with van der Waals surface area (Å²) in [6.07, 6.45) is 0.922. The molecule has 0 atom stereocenters. The molecule has 1 rings (SSSR count). The number of ether oxygens (including phenoxy) is 1. The lowest BCUT2D eigenvalue weighted by molar-refractivity contribution is -0.120. The Hall–Kier alpha value is -1.36. The maximum Gasteiger partial charge on any atom is 0.387 e. The molecule has 0 heterocycles. The van der Waals surface area contributed by atoms with Gasteiger partial charge in [-0.15, -0.1) is 11.6 Å². The van der Waals surface area contributed by atoms with Crippen LogP contribution in [0.4, 0.5) is 8.78 Å². The number of hydrogen-bond acceptors (Lipinski definition) is 2. The van der Waals surface area contributed by atoms with E-state index in [1.165, 1.54) is 12.1 Å². The summed E-state index contributed by atoms with van der Waals surface area (Å²) in [6.45, 7) is -2.32. The molecule has 18 heavy (non-hydrogen) atoms. The van der Waals surface area contributed by atoms with Gasteiger partial charge in [0, 0.05) is 18.8 Å². The van der Waals surface area contributed by atoms with E-state index in [2.05, 4.69) is 10.1 Å². The second-order valence-corrected chi connectivity index (χ2v) is 3.94. The van der Waals surface area contributed by atoms with Gasteiger partial charge in [-0.1, -0.05) is 12.1 Å². The fraction of sp³-hybridized carbons (Fsp3) is 0.417. The lowest BCUT2D eigenvalue weighted by Crippen LogP contribution is -2.25. The van der Waals surface area contributed by atoms with Crippen LogP contribution in [0.3, 0.4) is 0 Å². The maximum atomic E-state index is 11.9. The third-order valence-electron chi connectivity index (χ3n) is 2.21. The molecule has 0 aromatic heterocycles. The van der Waals surface area contributed by atoms with E-state index in [1.54, 1.807) is 12.1 Å². The number of hydrogen-bond donors (Lipinski definition) is 1. The second kappa shape index (κ2) is 7.87. The quantitative estimate of drug-likeness (QED) is 0.778. The van der Waals surface area contributed by atoms with Gasteiger partial charge in [0.2, 0.25) is 5.91 Å². The van der Waals surface area contributed by atoms with Gasteiger partial charge >= 0.3 is 6.61 Å². The molecule has 1 aromatic carbocycles. The molecule has 0 spiro atoms. The number of carbonyl (C=O) groups is 1. The third kappa shape index (κ3) is 5.82. The van der Waals surface area contributed by atoms with Crippen LogP contribution in [0.5, 0.6) is 5.75 Å². The highest BCUT2D eigenvalue weighted by Crippen LogP contribution is 2.14. The van der Waals surface area contributed by atoms with Crippen molar-refractivity contribution in [2.24, 2.45) is 0 Å². The maximum absolute atomic E-state index is 11.9. The smallest absolute Gasteiger partial charge is 0.387 e. The van der Waals surface area contributed by atoms with Crippen LogP contribution in [0.2, 0.25) is 0 Å².